The van der Waals surface area contributed by atoms with Gasteiger partial charge in [0.1, 0.15) is 11.4 Å². The van der Waals surface area contributed by atoms with Crippen molar-refractivity contribution in [2.75, 3.05) is 13.2 Å². The summed E-state index contributed by atoms with van der Waals surface area (Å²) in [5, 5.41) is 2.65. The number of hydrogen-bond acceptors (Lipinski definition) is 4. The van der Waals surface area contributed by atoms with Gasteiger partial charge in [-0.25, -0.2) is 4.79 Å². The molecule has 2 aromatic carbocycles. The van der Waals surface area contributed by atoms with Crippen LogP contribution in [0.2, 0.25) is 0 Å². The number of para-hydroxylation sites is 1. The van der Waals surface area contributed by atoms with Gasteiger partial charge in [-0.15, -0.1) is 0 Å². The minimum absolute atomic E-state index is 0.0689. The molecule has 136 valence electrons. The second-order valence-electron chi connectivity index (χ2n) is 5.48. The maximum Gasteiger partial charge on any atom is 0.354 e. The van der Waals surface area contributed by atoms with Crippen LogP contribution in [0.4, 0.5) is 0 Å². The van der Waals surface area contributed by atoms with E-state index in [1.807, 2.05) is 44.2 Å². The lowest BCUT2D eigenvalue weighted by Crippen LogP contribution is -2.28. The fourth-order valence-electron chi connectivity index (χ4n) is 2.24. The van der Waals surface area contributed by atoms with Gasteiger partial charge >= 0.3 is 5.97 Å². The van der Waals surface area contributed by atoms with Crippen molar-refractivity contribution >= 4 is 18.0 Å². The molecule has 26 heavy (non-hydrogen) atoms. The van der Waals surface area contributed by atoms with E-state index in [1.54, 1.807) is 30.3 Å². The SMILES string of the molecule is CCCOC(=O)C(=Cc1ccccc1OCC)NC(=O)c1ccccc1. The topological polar surface area (TPSA) is 64.6 Å². The average Bonchev–Trinajstić information content (AvgIpc) is 2.67. The molecule has 0 spiro atoms. The molecule has 0 aliphatic carbocycles. The number of nitrogens with one attached hydrogen (secondary N) is 1. The zero-order valence-corrected chi connectivity index (χ0v) is 15.0. The van der Waals surface area contributed by atoms with Gasteiger partial charge in [-0.05, 0) is 37.6 Å². The maximum absolute atomic E-state index is 12.4. The van der Waals surface area contributed by atoms with E-state index in [0.717, 1.165) is 0 Å². The lowest BCUT2D eigenvalue weighted by Gasteiger charge is -2.12. The van der Waals surface area contributed by atoms with E-state index in [1.165, 1.54) is 0 Å². The van der Waals surface area contributed by atoms with E-state index in [0.29, 0.717) is 29.9 Å². The van der Waals surface area contributed by atoms with Gasteiger partial charge in [-0.2, -0.15) is 0 Å². The van der Waals surface area contributed by atoms with Crippen LogP contribution in [0.15, 0.2) is 60.3 Å². The number of hydrogen-bond donors (Lipinski definition) is 1. The Bertz CT molecular complexity index is 769. The van der Waals surface area contributed by atoms with Crippen LogP contribution in [0, 0.1) is 0 Å². The fraction of sp³-hybridized carbons (Fsp3) is 0.238. The first-order valence-electron chi connectivity index (χ1n) is 8.62. The quantitative estimate of drug-likeness (QED) is 0.579. The minimum Gasteiger partial charge on any atom is -0.493 e. The van der Waals surface area contributed by atoms with E-state index in [-0.39, 0.29) is 18.2 Å². The molecule has 0 saturated heterocycles. The summed E-state index contributed by atoms with van der Waals surface area (Å²) in [7, 11) is 0. The van der Waals surface area contributed by atoms with Crippen LogP contribution < -0.4 is 10.1 Å². The van der Waals surface area contributed by atoms with E-state index in [9.17, 15) is 9.59 Å². The van der Waals surface area contributed by atoms with Crippen LogP contribution in [0.3, 0.4) is 0 Å². The van der Waals surface area contributed by atoms with Gasteiger partial charge in [0.25, 0.3) is 5.91 Å². The number of esters is 1. The Balaban J connectivity index is 2.32. The summed E-state index contributed by atoms with van der Waals surface area (Å²) in [5.74, 6) is -0.327. The highest BCUT2D eigenvalue weighted by atomic mass is 16.5. The molecule has 0 aliphatic rings. The van der Waals surface area contributed by atoms with Crippen molar-refractivity contribution < 1.29 is 19.1 Å². The molecular formula is C21H23NO4. The molecule has 0 aliphatic heterocycles. The zero-order valence-electron chi connectivity index (χ0n) is 15.0. The molecule has 0 radical (unpaired) electrons. The van der Waals surface area contributed by atoms with Crippen molar-refractivity contribution in [1.82, 2.24) is 5.32 Å². The Hall–Kier alpha value is -3.08. The van der Waals surface area contributed by atoms with Gasteiger partial charge < -0.3 is 14.8 Å². The van der Waals surface area contributed by atoms with Crippen molar-refractivity contribution in [3.63, 3.8) is 0 Å². The predicted octanol–water partition coefficient (Wildman–Crippen LogP) is 3.81. The van der Waals surface area contributed by atoms with Crippen molar-refractivity contribution in [1.29, 1.82) is 0 Å². The average molecular weight is 353 g/mol. The summed E-state index contributed by atoms with van der Waals surface area (Å²) in [4.78, 5) is 24.8. The predicted molar refractivity (Wildman–Crippen MR) is 101 cm³/mol. The van der Waals surface area contributed by atoms with Gasteiger partial charge in [0.2, 0.25) is 0 Å². The molecule has 1 amide bonds. The second-order valence-corrected chi connectivity index (χ2v) is 5.48. The third kappa shape index (κ3) is 5.48. The van der Waals surface area contributed by atoms with Crippen LogP contribution in [-0.2, 0) is 9.53 Å². The lowest BCUT2D eigenvalue weighted by molar-refractivity contribution is -0.139. The Kier molecular flexibility index (Phi) is 7.43. The number of carbonyl (C=O) groups excluding carboxylic acids is 2. The van der Waals surface area contributed by atoms with Gasteiger partial charge in [-0.3, -0.25) is 4.79 Å². The summed E-state index contributed by atoms with van der Waals surface area (Å²) >= 11 is 0. The fourth-order valence-corrected chi connectivity index (χ4v) is 2.24. The molecule has 0 fully saturated rings. The first kappa shape index (κ1) is 19.2. The lowest BCUT2D eigenvalue weighted by atomic mass is 10.1. The number of carbonyl (C=O) groups is 2. The number of ether oxygens (including phenoxy) is 2. The van der Waals surface area contributed by atoms with E-state index in [4.69, 9.17) is 9.47 Å². The van der Waals surface area contributed by atoms with Gasteiger partial charge in [-0.1, -0.05) is 43.3 Å². The van der Waals surface area contributed by atoms with Crippen molar-refractivity contribution in [3.05, 3.63) is 71.4 Å². The first-order valence-corrected chi connectivity index (χ1v) is 8.62. The second kappa shape index (κ2) is 10.0. The molecular weight excluding hydrogens is 330 g/mol. The van der Waals surface area contributed by atoms with Crippen LogP contribution >= 0.6 is 0 Å². The van der Waals surface area contributed by atoms with E-state index >= 15 is 0 Å². The van der Waals surface area contributed by atoms with Gasteiger partial charge in [0.15, 0.2) is 0 Å². The Morgan fingerprint density at radius 3 is 2.38 bits per heavy atom. The summed E-state index contributed by atoms with van der Waals surface area (Å²) in [5.41, 5.74) is 1.21. The molecule has 5 heteroatoms. The van der Waals surface area contributed by atoms with Crippen molar-refractivity contribution in [2.24, 2.45) is 0 Å². The van der Waals surface area contributed by atoms with Gasteiger partial charge in [0, 0.05) is 11.1 Å². The molecule has 0 unspecified atom stereocenters. The highest BCUT2D eigenvalue weighted by molar-refractivity contribution is 6.03. The standard InChI is InChI=1S/C21H23NO4/c1-3-14-26-21(24)18(22-20(23)16-10-6-5-7-11-16)15-17-12-8-9-13-19(17)25-4-2/h5-13,15H,3-4,14H2,1-2H3,(H,22,23). The Morgan fingerprint density at radius 2 is 1.69 bits per heavy atom. The monoisotopic (exact) mass is 353 g/mol. The van der Waals surface area contributed by atoms with Crippen molar-refractivity contribution in [3.8, 4) is 5.75 Å². The van der Waals surface area contributed by atoms with Crippen LogP contribution in [0.5, 0.6) is 5.75 Å². The van der Waals surface area contributed by atoms with Crippen LogP contribution in [-0.4, -0.2) is 25.1 Å². The summed E-state index contributed by atoms with van der Waals surface area (Å²) in [6.45, 7) is 4.57. The molecule has 2 aromatic rings. The molecule has 1 N–H and O–H groups in total. The Labute approximate surface area is 153 Å². The highest BCUT2D eigenvalue weighted by Crippen LogP contribution is 2.21. The molecule has 2 rings (SSSR count). The summed E-state index contributed by atoms with van der Waals surface area (Å²) in [6, 6.07) is 16.0. The Morgan fingerprint density at radius 1 is 1.00 bits per heavy atom. The molecule has 0 bridgehead atoms. The molecule has 0 saturated carbocycles. The number of rotatable bonds is 8. The zero-order chi connectivity index (χ0) is 18.8. The first-order chi connectivity index (χ1) is 12.7. The third-order valence-corrected chi connectivity index (χ3v) is 3.46. The van der Waals surface area contributed by atoms with E-state index < -0.39 is 5.97 Å². The summed E-state index contributed by atoms with van der Waals surface area (Å²) < 4.78 is 10.8. The molecule has 0 heterocycles. The van der Waals surface area contributed by atoms with E-state index in [2.05, 4.69) is 5.32 Å². The van der Waals surface area contributed by atoms with Crippen molar-refractivity contribution in [2.45, 2.75) is 20.3 Å². The minimum atomic E-state index is -0.581. The smallest absolute Gasteiger partial charge is 0.354 e. The molecule has 0 aromatic heterocycles. The third-order valence-electron chi connectivity index (χ3n) is 3.46. The van der Waals surface area contributed by atoms with Crippen LogP contribution in [0.25, 0.3) is 6.08 Å². The highest BCUT2D eigenvalue weighted by Gasteiger charge is 2.16. The normalized spacial score (nSPS) is 10.9. The number of benzene rings is 2. The number of amides is 1. The van der Waals surface area contributed by atoms with Crippen LogP contribution in [0.1, 0.15) is 36.2 Å². The molecule has 0 atom stereocenters. The largest absolute Gasteiger partial charge is 0.493 e. The maximum atomic E-state index is 12.4. The molecule has 5 nitrogen and oxygen atoms in total. The summed E-state index contributed by atoms with van der Waals surface area (Å²) in [6.07, 6.45) is 2.27. The van der Waals surface area contributed by atoms with Gasteiger partial charge in [0.05, 0.1) is 13.2 Å².